The number of benzene rings is 2. The van der Waals surface area contributed by atoms with Gasteiger partial charge in [-0.15, -0.1) is 5.23 Å². The summed E-state index contributed by atoms with van der Waals surface area (Å²) in [5, 5.41) is 31.2. The normalized spacial score (nSPS) is 10.9. The molecular formula is C16H13N2O4-. The van der Waals surface area contributed by atoms with Gasteiger partial charge in [0.05, 0.1) is 11.2 Å². The third-order valence-electron chi connectivity index (χ3n) is 3.50. The first-order chi connectivity index (χ1) is 10.5. The topological polar surface area (TPSA) is 88.8 Å². The number of carbonyl (C=O) groups is 1. The second-order valence-electron chi connectivity index (χ2n) is 4.89. The van der Waals surface area contributed by atoms with Gasteiger partial charge in [-0.25, -0.2) is 0 Å². The minimum Gasteiger partial charge on any atom is -0.871 e. The number of fused-ring (bicyclic) bond motifs is 1. The first-order valence-corrected chi connectivity index (χ1v) is 6.60. The summed E-state index contributed by atoms with van der Waals surface area (Å²) in [6.07, 6.45) is 0. The van der Waals surface area contributed by atoms with Crippen molar-refractivity contribution < 1.29 is 20.3 Å². The fourth-order valence-corrected chi connectivity index (χ4v) is 2.55. The molecule has 2 aromatic carbocycles. The van der Waals surface area contributed by atoms with Crippen LogP contribution in [0.3, 0.4) is 0 Å². The van der Waals surface area contributed by atoms with Crippen LogP contribution in [0.15, 0.2) is 48.5 Å². The molecule has 6 heteroatoms. The zero-order chi connectivity index (χ0) is 15.9. The number of hydrogen-bond acceptors (Lipinski definition) is 5. The summed E-state index contributed by atoms with van der Waals surface area (Å²) in [6, 6.07) is 13.1. The van der Waals surface area contributed by atoms with Gasteiger partial charge in [0.1, 0.15) is 0 Å². The van der Waals surface area contributed by atoms with E-state index < -0.39 is 0 Å². The summed E-state index contributed by atoms with van der Waals surface area (Å²) in [7, 11) is 0. The third kappa shape index (κ3) is 2.11. The molecule has 0 fully saturated rings. The standard InChI is InChI=1S/C16H14N2O4/c1-10(19)17-14-9-12(18(21)22)7-8-13(14)16(20)15(17)11-5-3-2-4-6-11/h2-9,20-22H,1H3/p-1. The van der Waals surface area contributed by atoms with Gasteiger partial charge in [-0.2, -0.15) is 0 Å². The van der Waals surface area contributed by atoms with Gasteiger partial charge in [0.2, 0.25) is 5.91 Å². The molecule has 112 valence electrons. The van der Waals surface area contributed by atoms with Gasteiger partial charge in [-0.3, -0.25) is 19.8 Å². The second-order valence-corrected chi connectivity index (χ2v) is 4.89. The van der Waals surface area contributed by atoms with E-state index in [-0.39, 0.29) is 28.3 Å². The van der Waals surface area contributed by atoms with Crippen LogP contribution in [0.5, 0.6) is 5.75 Å². The first kappa shape index (κ1) is 14.1. The Labute approximate surface area is 126 Å². The lowest BCUT2D eigenvalue weighted by atomic mass is 10.1. The minimum atomic E-state index is -0.328. The molecule has 0 aliphatic carbocycles. The minimum absolute atomic E-state index is 0.0520. The van der Waals surface area contributed by atoms with Crippen LogP contribution in [0.1, 0.15) is 11.7 Å². The second kappa shape index (κ2) is 5.18. The number of rotatable bonds is 2. The predicted molar refractivity (Wildman–Crippen MR) is 79.2 cm³/mol. The monoisotopic (exact) mass is 297 g/mol. The van der Waals surface area contributed by atoms with Crippen LogP contribution in [-0.2, 0) is 0 Å². The van der Waals surface area contributed by atoms with Crippen LogP contribution in [-0.4, -0.2) is 20.9 Å². The quantitative estimate of drug-likeness (QED) is 0.710. The summed E-state index contributed by atoms with van der Waals surface area (Å²) in [5.41, 5.74) is 1.29. The van der Waals surface area contributed by atoms with E-state index in [0.717, 1.165) is 0 Å². The average molecular weight is 297 g/mol. The molecule has 0 radical (unpaired) electrons. The molecule has 0 saturated heterocycles. The largest absolute Gasteiger partial charge is 0.871 e. The molecule has 1 heterocycles. The zero-order valence-electron chi connectivity index (χ0n) is 11.7. The predicted octanol–water partition coefficient (Wildman–Crippen LogP) is 2.63. The van der Waals surface area contributed by atoms with Crippen LogP contribution in [0.25, 0.3) is 22.2 Å². The Balaban J connectivity index is 2.39. The molecule has 2 N–H and O–H groups in total. The summed E-state index contributed by atoms with van der Waals surface area (Å²) >= 11 is 0. The lowest BCUT2D eigenvalue weighted by molar-refractivity contribution is -0.264. The van der Waals surface area contributed by atoms with Crippen molar-refractivity contribution >= 4 is 22.5 Å². The highest BCUT2D eigenvalue weighted by molar-refractivity contribution is 6.03. The van der Waals surface area contributed by atoms with E-state index in [1.54, 1.807) is 24.3 Å². The molecule has 0 amide bonds. The van der Waals surface area contributed by atoms with Crippen molar-refractivity contribution in [2.45, 2.75) is 6.92 Å². The molecule has 0 saturated carbocycles. The molecule has 0 aliphatic rings. The lowest BCUT2D eigenvalue weighted by Gasteiger charge is -2.12. The summed E-state index contributed by atoms with van der Waals surface area (Å²) in [5.74, 6) is -0.601. The van der Waals surface area contributed by atoms with Crippen molar-refractivity contribution in [1.82, 2.24) is 4.57 Å². The summed E-state index contributed by atoms with van der Waals surface area (Å²) < 4.78 is 1.29. The Morgan fingerprint density at radius 2 is 1.82 bits per heavy atom. The highest BCUT2D eigenvalue weighted by atomic mass is 16.8. The van der Waals surface area contributed by atoms with Gasteiger partial charge in [-0.05, 0) is 23.1 Å². The number of aromatic nitrogens is 1. The van der Waals surface area contributed by atoms with Gasteiger partial charge >= 0.3 is 0 Å². The average Bonchev–Trinajstić information content (AvgIpc) is 2.80. The van der Waals surface area contributed by atoms with Gasteiger partial charge in [0.15, 0.2) is 0 Å². The van der Waals surface area contributed by atoms with E-state index in [1.807, 2.05) is 6.07 Å². The van der Waals surface area contributed by atoms with Crippen LogP contribution in [0.2, 0.25) is 0 Å². The Morgan fingerprint density at radius 1 is 1.14 bits per heavy atom. The lowest BCUT2D eigenvalue weighted by Crippen LogP contribution is -2.11. The Hall–Kier alpha value is -2.83. The van der Waals surface area contributed by atoms with E-state index in [1.165, 1.54) is 29.7 Å². The molecule has 1 aromatic heterocycles. The van der Waals surface area contributed by atoms with Gasteiger partial charge in [-0.1, -0.05) is 42.1 Å². The maximum absolute atomic E-state index is 12.6. The van der Waals surface area contributed by atoms with Gasteiger partial charge in [0, 0.05) is 12.6 Å². The fourth-order valence-electron chi connectivity index (χ4n) is 2.55. The summed E-state index contributed by atoms with van der Waals surface area (Å²) in [4.78, 5) is 12.0. The number of hydrogen-bond donors (Lipinski definition) is 2. The fraction of sp³-hybridized carbons (Fsp3) is 0.0625. The molecular weight excluding hydrogens is 284 g/mol. The van der Waals surface area contributed by atoms with Crippen LogP contribution in [0, 0.1) is 0 Å². The Morgan fingerprint density at radius 3 is 2.41 bits per heavy atom. The Kier molecular flexibility index (Phi) is 3.32. The maximum atomic E-state index is 12.6. The SMILES string of the molecule is CC(=O)n1c(-c2ccccc2)c([O-])c2ccc(N(O)O)cc21. The molecule has 3 rings (SSSR count). The molecule has 3 aromatic rings. The van der Waals surface area contributed by atoms with E-state index in [4.69, 9.17) is 10.4 Å². The molecule has 6 nitrogen and oxygen atoms in total. The summed E-state index contributed by atoms with van der Waals surface area (Å²) in [6.45, 7) is 1.35. The van der Waals surface area contributed by atoms with Crippen molar-refractivity contribution in [2.24, 2.45) is 0 Å². The number of carbonyl (C=O) groups excluding carboxylic acids is 1. The van der Waals surface area contributed by atoms with Crippen molar-refractivity contribution in [3.8, 4) is 17.0 Å². The van der Waals surface area contributed by atoms with Crippen molar-refractivity contribution in [2.75, 3.05) is 5.23 Å². The molecule has 0 bridgehead atoms. The first-order valence-electron chi connectivity index (χ1n) is 6.60. The van der Waals surface area contributed by atoms with Crippen molar-refractivity contribution in [3.63, 3.8) is 0 Å². The van der Waals surface area contributed by atoms with Crippen molar-refractivity contribution in [3.05, 3.63) is 48.5 Å². The molecule has 22 heavy (non-hydrogen) atoms. The van der Waals surface area contributed by atoms with Gasteiger partial charge in [0.25, 0.3) is 0 Å². The van der Waals surface area contributed by atoms with E-state index in [0.29, 0.717) is 16.5 Å². The maximum Gasteiger partial charge on any atom is 0.228 e. The van der Waals surface area contributed by atoms with Gasteiger partial charge < -0.3 is 5.11 Å². The zero-order valence-corrected chi connectivity index (χ0v) is 11.7. The smallest absolute Gasteiger partial charge is 0.228 e. The molecule has 0 spiro atoms. The van der Waals surface area contributed by atoms with E-state index >= 15 is 0 Å². The van der Waals surface area contributed by atoms with Crippen LogP contribution in [0.4, 0.5) is 5.69 Å². The highest BCUT2D eigenvalue weighted by Gasteiger charge is 2.16. The third-order valence-corrected chi connectivity index (χ3v) is 3.50. The van der Waals surface area contributed by atoms with Crippen LogP contribution < -0.4 is 10.3 Å². The molecule has 0 aliphatic heterocycles. The van der Waals surface area contributed by atoms with Crippen molar-refractivity contribution in [1.29, 1.82) is 0 Å². The van der Waals surface area contributed by atoms with Crippen LogP contribution >= 0.6 is 0 Å². The van der Waals surface area contributed by atoms with E-state index in [2.05, 4.69) is 0 Å². The number of nitrogens with zero attached hydrogens (tertiary/aromatic N) is 2. The number of anilines is 1. The molecule has 0 atom stereocenters. The molecule has 0 unspecified atom stereocenters. The van der Waals surface area contributed by atoms with E-state index in [9.17, 15) is 9.90 Å². The highest BCUT2D eigenvalue weighted by Crippen LogP contribution is 2.38. The Bertz CT molecular complexity index is 853.